The Bertz CT molecular complexity index is 1020. The molecule has 1 heterocycles. The second-order valence-corrected chi connectivity index (χ2v) is 6.34. The van der Waals surface area contributed by atoms with Gasteiger partial charge in [-0.05, 0) is 23.8 Å². The van der Waals surface area contributed by atoms with Crippen LogP contribution < -0.4 is 0 Å². The molecule has 0 unspecified atom stereocenters. The van der Waals surface area contributed by atoms with Crippen LogP contribution in [0, 0.1) is 0 Å². The van der Waals surface area contributed by atoms with Gasteiger partial charge in [-0.15, -0.1) is 0 Å². The van der Waals surface area contributed by atoms with E-state index in [1.807, 2.05) is 0 Å². The number of ether oxygens (including phenoxy) is 1. The summed E-state index contributed by atoms with van der Waals surface area (Å²) in [5, 5.41) is 0. The van der Waals surface area contributed by atoms with Crippen LogP contribution in [-0.2, 0) is 23.6 Å². The van der Waals surface area contributed by atoms with Crippen molar-refractivity contribution in [2.45, 2.75) is 18.9 Å². The first-order valence-corrected chi connectivity index (χ1v) is 8.48. The van der Waals surface area contributed by atoms with Gasteiger partial charge in [-0.3, -0.25) is 0 Å². The van der Waals surface area contributed by atoms with Crippen LogP contribution in [0.1, 0.15) is 27.2 Å². The zero-order valence-electron chi connectivity index (χ0n) is 15.4. The van der Waals surface area contributed by atoms with Gasteiger partial charge in [0.15, 0.2) is 5.69 Å². The number of halogens is 6. The first kappa shape index (κ1) is 21.4. The van der Waals surface area contributed by atoms with Crippen molar-refractivity contribution in [3.63, 3.8) is 0 Å². The van der Waals surface area contributed by atoms with Crippen molar-refractivity contribution in [3.8, 4) is 11.3 Å². The van der Waals surface area contributed by atoms with E-state index in [-0.39, 0.29) is 29.6 Å². The van der Waals surface area contributed by atoms with E-state index in [0.29, 0.717) is 17.7 Å². The number of carbonyl (C=O) groups excluding carboxylic acids is 1. The smallest absolute Gasteiger partial charge is 0.416 e. The number of hydrogen-bond acceptors (Lipinski definition) is 3. The fourth-order valence-electron chi connectivity index (χ4n) is 2.95. The number of esters is 1. The molecule has 0 spiro atoms. The van der Waals surface area contributed by atoms with Crippen molar-refractivity contribution in [1.82, 2.24) is 9.55 Å². The Labute approximate surface area is 166 Å². The highest BCUT2D eigenvalue weighted by Gasteiger charge is 2.37. The summed E-state index contributed by atoms with van der Waals surface area (Å²) in [5.74, 6) is -0.785. The third-order valence-electron chi connectivity index (χ3n) is 4.26. The summed E-state index contributed by atoms with van der Waals surface area (Å²) in [5.41, 5.74) is -2.47. The molecule has 4 nitrogen and oxygen atoms in total. The topological polar surface area (TPSA) is 44.1 Å². The summed E-state index contributed by atoms with van der Waals surface area (Å²) in [6.07, 6.45) is -8.74. The zero-order chi connectivity index (χ0) is 22.1. The maximum absolute atomic E-state index is 13.1. The second-order valence-electron chi connectivity index (χ2n) is 6.34. The maximum atomic E-state index is 13.1. The zero-order valence-corrected chi connectivity index (χ0v) is 15.4. The van der Waals surface area contributed by atoms with Gasteiger partial charge < -0.3 is 9.30 Å². The average Bonchev–Trinajstić information content (AvgIpc) is 3.10. The summed E-state index contributed by atoms with van der Waals surface area (Å²) in [6.45, 7) is -0.374. The third kappa shape index (κ3) is 4.47. The Hall–Kier alpha value is -3.30. The van der Waals surface area contributed by atoms with Gasteiger partial charge in [0.2, 0.25) is 0 Å². The Morgan fingerprint density at radius 1 is 0.967 bits per heavy atom. The van der Waals surface area contributed by atoms with E-state index in [9.17, 15) is 31.1 Å². The van der Waals surface area contributed by atoms with Gasteiger partial charge in [-0.1, -0.05) is 30.3 Å². The molecule has 1 aromatic heterocycles. The lowest BCUT2D eigenvalue weighted by molar-refractivity contribution is -0.143. The molecule has 10 heteroatoms. The van der Waals surface area contributed by atoms with Gasteiger partial charge in [-0.2, -0.15) is 26.3 Å². The van der Waals surface area contributed by atoms with Crippen molar-refractivity contribution in [3.05, 3.63) is 77.2 Å². The number of imidazole rings is 1. The third-order valence-corrected chi connectivity index (χ3v) is 4.26. The molecule has 0 fully saturated rings. The van der Waals surface area contributed by atoms with Gasteiger partial charge in [0.25, 0.3) is 0 Å². The molecule has 0 radical (unpaired) electrons. The predicted octanol–water partition coefficient (Wildman–Crippen LogP) is 5.42. The van der Waals surface area contributed by atoms with E-state index < -0.39 is 29.4 Å². The minimum atomic E-state index is -4.95. The standard InChI is InChI=1S/C20H14F6N2O2/c1-30-18(29)16-17(13-5-3-2-4-6-13)28(11-27-16)10-12-7-14(19(21,22)23)9-15(8-12)20(24,25)26/h2-9,11H,10H2,1H3. The average molecular weight is 428 g/mol. The molecule has 3 rings (SSSR count). The number of rotatable bonds is 4. The summed E-state index contributed by atoms with van der Waals surface area (Å²) >= 11 is 0. The molecule has 0 aliphatic rings. The Morgan fingerprint density at radius 2 is 1.53 bits per heavy atom. The predicted molar refractivity (Wildman–Crippen MR) is 94.6 cm³/mol. The van der Waals surface area contributed by atoms with Gasteiger partial charge in [0.05, 0.1) is 30.3 Å². The molecule has 3 aromatic rings. The first-order chi connectivity index (χ1) is 14.0. The van der Waals surface area contributed by atoms with Gasteiger partial charge in [0.1, 0.15) is 0 Å². The molecule has 0 aliphatic carbocycles. The van der Waals surface area contributed by atoms with Gasteiger partial charge in [0, 0.05) is 12.1 Å². The molecule has 158 valence electrons. The Morgan fingerprint density at radius 3 is 2.03 bits per heavy atom. The van der Waals surface area contributed by atoms with Crippen LogP contribution in [0.3, 0.4) is 0 Å². The van der Waals surface area contributed by atoms with Crippen LogP contribution in [0.15, 0.2) is 54.9 Å². The van der Waals surface area contributed by atoms with Crippen LogP contribution in [0.5, 0.6) is 0 Å². The molecule has 0 aliphatic heterocycles. The molecule has 2 aromatic carbocycles. The van der Waals surface area contributed by atoms with Crippen LogP contribution in [0.25, 0.3) is 11.3 Å². The fraction of sp³-hybridized carbons (Fsp3) is 0.200. The van der Waals surface area contributed by atoms with Gasteiger partial charge >= 0.3 is 18.3 Å². The van der Waals surface area contributed by atoms with Crippen molar-refractivity contribution < 1.29 is 35.9 Å². The minimum Gasteiger partial charge on any atom is -0.464 e. The Kier molecular flexibility index (Phi) is 5.60. The summed E-state index contributed by atoms with van der Waals surface area (Å²) in [4.78, 5) is 16.0. The van der Waals surface area contributed by atoms with E-state index in [1.165, 1.54) is 10.9 Å². The van der Waals surface area contributed by atoms with Crippen LogP contribution >= 0.6 is 0 Å². The molecule has 0 N–H and O–H groups in total. The number of alkyl halides is 6. The summed E-state index contributed by atoms with van der Waals surface area (Å²) < 4.78 is 84.7. The lowest BCUT2D eigenvalue weighted by atomic mass is 10.0. The van der Waals surface area contributed by atoms with E-state index in [0.717, 1.165) is 7.11 Å². The quantitative estimate of drug-likeness (QED) is 0.412. The van der Waals surface area contributed by atoms with E-state index in [1.54, 1.807) is 30.3 Å². The molecular formula is C20H14F6N2O2. The number of benzene rings is 2. The molecule has 0 saturated carbocycles. The van der Waals surface area contributed by atoms with Crippen LogP contribution in [0.2, 0.25) is 0 Å². The molecular weight excluding hydrogens is 414 g/mol. The molecule has 0 bridgehead atoms. The highest BCUT2D eigenvalue weighted by atomic mass is 19.4. The van der Waals surface area contributed by atoms with E-state index in [2.05, 4.69) is 9.72 Å². The summed E-state index contributed by atoms with van der Waals surface area (Å²) in [6, 6.07) is 9.66. The monoisotopic (exact) mass is 428 g/mol. The first-order valence-electron chi connectivity index (χ1n) is 8.48. The summed E-state index contributed by atoms with van der Waals surface area (Å²) in [7, 11) is 1.14. The normalized spacial score (nSPS) is 12.1. The number of aromatic nitrogens is 2. The van der Waals surface area contributed by atoms with E-state index >= 15 is 0 Å². The number of nitrogens with zero attached hydrogens (tertiary/aromatic N) is 2. The van der Waals surface area contributed by atoms with Crippen molar-refractivity contribution in [2.75, 3.05) is 7.11 Å². The van der Waals surface area contributed by atoms with Crippen molar-refractivity contribution >= 4 is 5.97 Å². The molecule has 0 amide bonds. The molecule has 30 heavy (non-hydrogen) atoms. The fourth-order valence-corrected chi connectivity index (χ4v) is 2.95. The largest absolute Gasteiger partial charge is 0.464 e. The van der Waals surface area contributed by atoms with Gasteiger partial charge in [-0.25, -0.2) is 9.78 Å². The van der Waals surface area contributed by atoms with Crippen molar-refractivity contribution in [2.24, 2.45) is 0 Å². The molecule has 0 atom stereocenters. The minimum absolute atomic E-state index is 0.0649. The highest BCUT2D eigenvalue weighted by molar-refractivity contribution is 5.94. The number of methoxy groups -OCH3 is 1. The van der Waals surface area contributed by atoms with E-state index in [4.69, 9.17) is 0 Å². The Balaban J connectivity index is 2.13. The lowest BCUT2D eigenvalue weighted by Gasteiger charge is -2.15. The number of carbonyl (C=O) groups is 1. The van der Waals surface area contributed by atoms with Crippen molar-refractivity contribution in [1.29, 1.82) is 0 Å². The maximum Gasteiger partial charge on any atom is 0.416 e. The van der Waals surface area contributed by atoms with Crippen LogP contribution in [0.4, 0.5) is 26.3 Å². The SMILES string of the molecule is COC(=O)c1ncn(Cc2cc(C(F)(F)F)cc(C(F)(F)F)c2)c1-c1ccccc1. The number of hydrogen-bond donors (Lipinski definition) is 0. The molecule has 0 saturated heterocycles. The lowest BCUT2D eigenvalue weighted by Crippen LogP contribution is -2.13. The van der Waals surface area contributed by atoms with Crippen LogP contribution in [-0.4, -0.2) is 22.6 Å². The second kappa shape index (κ2) is 7.85. The highest BCUT2D eigenvalue weighted by Crippen LogP contribution is 2.37.